The van der Waals surface area contributed by atoms with Crippen molar-refractivity contribution in [1.82, 2.24) is 0 Å². The van der Waals surface area contributed by atoms with Crippen LogP contribution >= 0.6 is 22.6 Å². The molecule has 0 bridgehead atoms. The molecule has 0 radical (unpaired) electrons. The minimum absolute atomic E-state index is 0.210. The Hall–Kier alpha value is -1.76. The Morgan fingerprint density at radius 2 is 1.85 bits per heavy atom. The number of carbonyl (C=O) groups excluding carboxylic acids is 1. The van der Waals surface area contributed by atoms with Gasteiger partial charge in [-0.1, -0.05) is 6.07 Å². The third kappa shape index (κ3) is 2.87. The van der Waals surface area contributed by atoms with Crippen LogP contribution in [-0.2, 0) is 11.3 Å². The maximum absolute atomic E-state index is 11.9. The third-order valence-corrected chi connectivity index (χ3v) is 3.61. The highest BCUT2D eigenvalue weighted by Gasteiger charge is 2.14. The first-order valence-electron chi connectivity index (χ1n) is 6.03. The lowest BCUT2D eigenvalue weighted by atomic mass is 10.2. The highest BCUT2D eigenvalue weighted by molar-refractivity contribution is 14.1. The zero-order valence-corrected chi connectivity index (χ0v) is 12.6. The Morgan fingerprint density at radius 1 is 1.10 bits per heavy atom. The fourth-order valence-corrected chi connectivity index (χ4v) is 2.21. The summed E-state index contributed by atoms with van der Waals surface area (Å²) in [5.41, 5.74) is 1.42. The molecule has 0 aliphatic carbocycles. The van der Waals surface area contributed by atoms with Crippen LogP contribution in [0.1, 0.15) is 15.9 Å². The molecule has 2 aromatic rings. The van der Waals surface area contributed by atoms with Gasteiger partial charge in [-0.3, -0.25) is 0 Å². The van der Waals surface area contributed by atoms with Crippen molar-refractivity contribution in [3.05, 3.63) is 57.2 Å². The van der Waals surface area contributed by atoms with Crippen molar-refractivity contribution in [2.75, 3.05) is 6.79 Å². The molecule has 0 saturated heterocycles. The van der Waals surface area contributed by atoms with E-state index < -0.39 is 0 Å². The first-order valence-corrected chi connectivity index (χ1v) is 7.11. The zero-order chi connectivity index (χ0) is 13.9. The highest BCUT2D eigenvalue weighted by atomic mass is 127. The van der Waals surface area contributed by atoms with Crippen molar-refractivity contribution in [2.24, 2.45) is 0 Å². The van der Waals surface area contributed by atoms with Gasteiger partial charge in [0.05, 0.1) is 5.56 Å². The fraction of sp³-hybridized carbons (Fsp3) is 0.133. The molecule has 0 N–H and O–H groups in total. The van der Waals surface area contributed by atoms with E-state index in [2.05, 4.69) is 22.6 Å². The van der Waals surface area contributed by atoms with Crippen LogP contribution in [0, 0.1) is 3.57 Å². The molecule has 0 amide bonds. The van der Waals surface area contributed by atoms with E-state index in [0.29, 0.717) is 11.3 Å². The van der Waals surface area contributed by atoms with Gasteiger partial charge in [-0.2, -0.15) is 0 Å². The molecule has 0 saturated carbocycles. The lowest BCUT2D eigenvalue weighted by Crippen LogP contribution is -2.05. The molecule has 0 fully saturated rings. The second kappa shape index (κ2) is 5.70. The summed E-state index contributed by atoms with van der Waals surface area (Å²) in [6.45, 7) is 0.447. The van der Waals surface area contributed by atoms with Gasteiger partial charge in [-0.25, -0.2) is 4.79 Å². The number of fused-ring (bicyclic) bond motifs is 1. The first-order chi connectivity index (χ1) is 9.72. The van der Waals surface area contributed by atoms with Gasteiger partial charge in [0, 0.05) is 3.57 Å². The zero-order valence-electron chi connectivity index (χ0n) is 10.5. The van der Waals surface area contributed by atoms with Gasteiger partial charge >= 0.3 is 5.97 Å². The molecule has 1 aliphatic rings. The van der Waals surface area contributed by atoms with Gasteiger partial charge in [0.1, 0.15) is 6.61 Å². The largest absolute Gasteiger partial charge is 0.457 e. The molecule has 4 nitrogen and oxygen atoms in total. The average Bonchev–Trinajstić information content (AvgIpc) is 2.93. The van der Waals surface area contributed by atoms with Crippen LogP contribution < -0.4 is 9.47 Å². The van der Waals surface area contributed by atoms with Crippen molar-refractivity contribution in [3.8, 4) is 11.5 Å². The molecular formula is C15H11IO4. The molecule has 1 heterocycles. The number of halogens is 1. The average molecular weight is 382 g/mol. The molecule has 2 aromatic carbocycles. The summed E-state index contributed by atoms with van der Waals surface area (Å²) in [7, 11) is 0. The molecule has 5 heteroatoms. The minimum atomic E-state index is -0.334. The maximum atomic E-state index is 11.9. The topological polar surface area (TPSA) is 44.8 Å². The molecule has 102 valence electrons. The summed E-state index contributed by atoms with van der Waals surface area (Å²) < 4.78 is 16.9. The summed E-state index contributed by atoms with van der Waals surface area (Å²) in [4.78, 5) is 11.9. The molecule has 0 aromatic heterocycles. The quantitative estimate of drug-likeness (QED) is 0.603. The van der Waals surface area contributed by atoms with Gasteiger partial charge in [-0.15, -0.1) is 0 Å². The van der Waals surface area contributed by atoms with Gasteiger partial charge in [0.25, 0.3) is 0 Å². The molecule has 0 spiro atoms. The Bertz CT molecular complexity index is 637. The molecule has 3 rings (SSSR count). The van der Waals surface area contributed by atoms with Crippen molar-refractivity contribution in [2.45, 2.75) is 6.61 Å². The predicted molar refractivity (Wildman–Crippen MR) is 80.8 cm³/mol. The van der Waals surface area contributed by atoms with E-state index in [1.165, 1.54) is 0 Å². The summed E-state index contributed by atoms with van der Waals surface area (Å²) in [6.07, 6.45) is 0. The Balaban J connectivity index is 1.64. The number of hydrogen-bond acceptors (Lipinski definition) is 4. The van der Waals surface area contributed by atoms with Crippen LogP contribution in [0.3, 0.4) is 0 Å². The minimum Gasteiger partial charge on any atom is -0.457 e. The van der Waals surface area contributed by atoms with Crippen LogP contribution in [-0.4, -0.2) is 12.8 Å². The lowest BCUT2D eigenvalue weighted by molar-refractivity contribution is 0.0472. The number of ether oxygens (including phenoxy) is 3. The summed E-state index contributed by atoms with van der Waals surface area (Å²) in [5.74, 6) is 1.07. The van der Waals surface area contributed by atoms with E-state index in [1.54, 1.807) is 12.1 Å². The normalized spacial score (nSPS) is 12.2. The summed E-state index contributed by atoms with van der Waals surface area (Å²) in [6, 6.07) is 12.7. The number of benzene rings is 2. The Kier molecular flexibility index (Phi) is 3.77. The third-order valence-electron chi connectivity index (χ3n) is 2.89. The van der Waals surface area contributed by atoms with Crippen molar-refractivity contribution in [1.29, 1.82) is 0 Å². The highest BCUT2D eigenvalue weighted by Crippen LogP contribution is 2.32. The number of rotatable bonds is 3. The summed E-state index contributed by atoms with van der Waals surface area (Å²) >= 11 is 2.19. The molecule has 20 heavy (non-hydrogen) atoms. The summed E-state index contributed by atoms with van der Waals surface area (Å²) in [5, 5.41) is 0. The van der Waals surface area contributed by atoms with Gasteiger partial charge in [-0.05, 0) is 64.6 Å². The van der Waals surface area contributed by atoms with Crippen molar-refractivity contribution >= 4 is 28.6 Å². The van der Waals surface area contributed by atoms with Gasteiger partial charge in [0.15, 0.2) is 11.5 Å². The predicted octanol–water partition coefficient (Wildman–Crippen LogP) is 3.38. The maximum Gasteiger partial charge on any atom is 0.338 e. The molecule has 0 atom stereocenters. The van der Waals surface area contributed by atoms with Crippen molar-refractivity contribution in [3.63, 3.8) is 0 Å². The van der Waals surface area contributed by atoms with E-state index in [1.807, 2.05) is 30.3 Å². The Labute approximate surface area is 129 Å². The molecule has 1 aliphatic heterocycles. The van der Waals surface area contributed by atoms with Gasteiger partial charge in [0.2, 0.25) is 6.79 Å². The van der Waals surface area contributed by atoms with E-state index in [9.17, 15) is 4.79 Å². The van der Waals surface area contributed by atoms with E-state index in [0.717, 1.165) is 14.9 Å². The molecular weight excluding hydrogens is 371 g/mol. The van der Waals surface area contributed by atoms with E-state index in [4.69, 9.17) is 14.2 Å². The second-order valence-electron chi connectivity index (χ2n) is 4.27. The van der Waals surface area contributed by atoms with Crippen LogP contribution in [0.25, 0.3) is 0 Å². The Morgan fingerprint density at radius 3 is 2.65 bits per heavy atom. The molecule has 0 unspecified atom stereocenters. The van der Waals surface area contributed by atoms with Gasteiger partial charge < -0.3 is 14.2 Å². The standard InChI is InChI=1S/C15H11IO4/c16-12-4-2-11(3-5-12)15(17)18-8-10-1-6-13-14(7-10)20-9-19-13/h1-7H,8-9H2. The van der Waals surface area contributed by atoms with E-state index in [-0.39, 0.29) is 19.4 Å². The fourth-order valence-electron chi connectivity index (χ4n) is 1.85. The monoisotopic (exact) mass is 382 g/mol. The van der Waals surface area contributed by atoms with Crippen molar-refractivity contribution < 1.29 is 19.0 Å². The number of esters is 1. The number of hydrogen-bond donors (Lipinski definition) is 0. The second-order valence-corrected chi connectivity index (χ2v) is 5.52. The number of carbonyl (C=O) groups is 1. The lowest BCUT2D eigenvalue weighted by Gasteiger charge is -2.06. The SMILES string of the molecule is O=C(OCc1ccc2c(c1)OCO2)c1ccc(I)cc1. The van der Waals surface area contributed by atoms with Crippen LogP contribution in [0.2, 0.25) is 0 Å². The van der Waals surface area contributed by atoms with Crippen LogP contribution in [0.15, 0.2) is 42.5 Å². The van der Waals surface area contributed by atoms with Crippen LogP contribution in [0.5, 0.6) is 11.5 Å². The smallest absolute Gasteiger partial charge is 0.338 e. The first kappa shape index (κ1) is 13.2. The van der Waals surface area contributed by atoms with E-state index >= 15 is 0 Å². The van der Waals surface area contributed by atoms with Crippen LogP contribution in [0.4, 0.5) is 0 Å².